The number of hydrogen-bond acceptors (Lipinski definition) is 3. The summed E-state index contributed by atoms with van der Waals surface area (Å²) in [7, 11) is 0. The minimum atomic E-state index is -4.38. The molecule has 1 aliphatic rings. The lowest BCUT2D eigenvalue weighted by Gasteiger charge is -2.27. The van der Waals surface area contributed by atoms with Gasteiger partial charge in [-0.05, 0) is 47.9 Å². The van der Waals surface area contributed by atoms with Crippen LogP contribution in [0, 0.1) is 0 Å². The molecule has 0 bridgehead atoms. The lowest BCUT2D eigenvalue weighted by molar-refractivity contribution is -0.137. The maximum absolute atomic E-state index is 12.7. The van der Waals surface area contributed by atoms with E-state index in [9.17, 15) is 22.8 Å². The zero-order chi connectivity index (χ0) is 22.0. The van der Waals surface area contributed by atoms with Gasteiger partial charge in [0, 0.05) is 30.1 Å². The maximum atomic E-state index is 12.7. The number of carbonyl (C=O) groups excluding carboxylic acids is 2. The van der Waals surface area contributed by atoms with Crippen LogP contribution in [0.5, 0.6) is 0 Å². The normalized spacial score (nSPS) is 13.6. The van der Waals surface area contributed by atoms with E-state index in [2.05, 4.69) is 5.32 Å². The van der Waals surface area contributed by atoms with Crippen LogP contribution in [0.2, 0.25) is 0 Å². The Morgan fingerprint density at radius 2 is 1.74 bits per heavy atom. The Morgan fingerprint density at radius 3 is 2.42 bits per heavy atom. The minimum absolute atomic E-state index is 0.0363. The molecular weight excluding hydrogens is 425 g/mol. The fourth-order valence-electron chi connectivity index (χ4n) is 3.46. The highest BCUT2D eigenvalue weighted by Gasteiger charge is 2.30. The molecule has 2 heterocycles. The summed E-state index contributed by atoms with van der Waals surface area (Å²) in [4.78, 5) is 28.6. The predicted octanol–water partition coefficient (Wildman–Crippen LogP) is 4.90. The van der Waals surface area contributed by atoms with Crippen LogP contribution in [0.25, 0.3) is 0 Å². The SMILES string of the molecule is O=C(NCc1ccc(C(F)(F)F)cc1)c1cc2c(s1)CCN(C(=O)c1ccccc1)C2. The molecule has 4 rings (SSSR count). The van der Waals surface area contributed by atoms with Gasteiger partial charge >= 0.3 is 6.18 Å². The average Bonchev–Trinajstić information content (AvgIpc) is 3.21. The number of fused-ring (bicyclic) bond motifs is 1. The van der Waals surface area contributed by atoms with Gasteiger partial charge in [-0.1, -0.05) is 30.3 Å². The van der Waals surface area contributed by atoms with Gasteiger partial charge in [-0.25, -0.2) is 0 Å². The molecule has 31 heavy (non-hydrogen) atoms. The fourth-order valence-corrected chi connectivity index (χ4v) is 4.54. The van der Waals surface area contributed by atoms with Crippen molar-refractivity contribution >= 4 is 23.2 Å². The van der Waals surface area contributed by atoms with Crippen LogP contribution in [0.4, 0.5) is 13.2 Å². The summed E-state index contributed by atoms with van der Waals surface area (Å²) in [6.45, 7) is 1.18. The molecule has 3 aromatic rings. The summed E-state index contributed by atoms with van der Waals surface area (Å²) in [5.41, 5.74) is 1.46. The van der Waals surface area contributed by atoms with Gasteiger partial charge < -0.3 is 10.2 Å². The average molecular weight is 444 g/mol. The number of nitrogens with one attached hydrogen (secondary N) is 1. The van der Waals surface area contributed by atoms with E-state index in [0.29, 0.717) is 35.5 Å². The van der Waals surface area contributed by atoms with Crippen LogP contribution in [0.1, 0.15) is 41.6 Å². The Labute approximate surface area is 181 Å². The van der Waals surface area contributed by atoms with Crippen molar-refractivity contribution in [3.05, 3.63) is 92.7 Å². The highest BCUT2D eigenvalue weighted by molar-refractivity contribution is 7.14. The van der Waals surface area contributed by atoms with E-state index < -0.39 is 11.7 Å². The van der Waals surface area contributed by atoms with E-state index in [-0.39, 0.29) is 18.4 Å². The minimum Gasteiger partial charge on any atom is -0.347 e. The van der Waals surface area contributed by atoms with Crippen LogP contribution in [-0.4, -0.2) is 23.3 Å². The number of thiophene rings is 1. The zero-order valence-electron chi connectivity index (χ0n) is 16.4. The molecule has 160 valence electrons. The number of carbonyl (C=O) groups is 2. The van der Waals surface area contributed by atoms with Crippen molar-refractivity contribution in [1.82, 2.24) is 10.2 Å². The molecule has 2 amide bonds. The Kier molecular flexibility index (Phi) is 5.82. The van der Waals surface area contributed by atoms with Crippen LogP contribution in [0.15, 0.2) is 60.7 Å². The van der Waals surface area contributed by atoms with Crippen molar-refractivity contribution < 1.29 is 22.8 Å². The highest BCUT2D eigenvalue weighted by Crippen LogP contribution is 2.30. The van der Waals surface area contributed by atoms with Crippen LogP contribution in [0.3, 0.4) is 0 Å². The Morgan fingerprint density at radius 1 is 1.03 bits per heavy atom. The van der Waals surface area contributed by atoms with Gasteiger partial charge in [-0.2, -0.15) is 13.2 Å². The first-order valence-corrected chi connectivity index (χ1v) is 10.5. The van der Waals surface area contributed by atoms with Crippen molar-refractivity contribution in [3.8, 4) is 0 Å². The summed E-state index contributed by atoms with van der Waals surface area (Å²) >= 11 is 1.40. The van der Waals surface area contributed by atoms with E-state index in [0.717, 1.165) is 22.6 Å². The molecule has 2 aromatic carbocycles. The van der Waals surface area contributed by atoms with Crippen molar-refractivity contribution in [2.45, 2.75) is 25.7 Å². The Hall–Kier alpha value is -3.13. The van der Waals surface area contributed by atoms with Crippen LogP contribution < -0.4 is 5.32 Å². The van der Waals surface area contributed by atoms with Gasteiger partial charge in [0.1, 0.15) is 0 Å². The quantitative estimate of drug-likeness (QED) is 0.623. The summed E-state index contributed by atoms with van der Waals surface area (Å²) < 4.78 is 37.9. The molecule has 8 heteroatoms. The highest BCUT2D eigenvalue weighted by atomic mass is 32.1. The second kappa shape index (κ2) is 8.55. The van der Waals surface area contributed by atoms with Gasteiger partial charge in [0.15, 0.2) is 0 Å². The van der Waals surface area contributed by atoms with Crippen LogP contribution in [-0.2, 0) is 25.7 Å². The van der Waals surface area contributed by atoms with E-state index in [1.807, 2.05) is 18.2 Å². The number of halogens is 3. The smallest absolute Gasteiger partial charge is 0.347 e. The maximum Gasteiger partial charge on any atom is 0.416 e. The monoisotopic (exact) mass is 444 g/mol. The van der Waals surface area contributed by atoms with Crippen molar-refractivity contribution in [2.24, 2.45) is 0 Å². The predicted molar refractivity (Wildman–Crippen MR) is 112 cm³/mol. The molecule has 4 nitrogen and oxygen atoms in total. The Balaban J connectivity index is 1.38. The molecule has 0 radical (unpaired) electrons. The largest absolute Gasteiger partial charge is 0.416 e. The molecule has 0 aliphatic carbocycles. The Bertz CT molecular complexity index is 1090. The van der Waals surface area contributed by atoms with Gasteiger partial charge in [0.05, 0.1) is 10.4 Å². The molecule has 1 aliphatic heterocycles. The third kappa shape index (κ3) is 4.80. The molecular formula is C23H19F3N2O2S. The van der Waals surface area contributed by atoms with E-state index >= 15 is 0 Å². The van der Waals surface area contributed by atoms with E-state index in [1.165, 1.54) is 23.5 Å². The first kappa shape index (κ1) is 21.1. The number of nitrogens with zero attached hydrogens (tertiary/aromatic N) is 1. The van der Waals surface area contributed by atoms with Gasteiger partial charge in [0.25, 0.3) is 11.8 Å². The second-order valence-corrected chi connectivity index (χ2v) is 8.42. The van der Waals surface area contributed by atoms with Gasteiger partial charge in [-0.15, -0.1) is 11.3 Å². The van der Waals surface area contributed by atoms with Gasteiger partial charge in [-0.3, -0.25) is 9.59 Å². The van der Waals surface area contributed by atoms with E-state index in [4.69, 9.17) is 0 Å². The summed E-state index contributed by atoms with van der Waals surface area (Å²) in [6, 6.07) is 15.6. The summed E-state index contributed by atoms with van der Waals surface area (Å²) in [5, 5.41) is 2.75. The molecule has 0 atom stereocenters. The fraction of sp³-hybridized carbons (Fsp3) is 0.217. The zero-order valence-corrected chi connectivity index (χ0v) is 17.2. The molecule has 0 saturated carbocycles. The third-order valence-electron chi connectivity index (χ3n) is 5.13. The molecule has 0 unspecified atom stereocenters. The number of rotatable bonds is 4. The summed E-state index contributed by atoms with van der Waals surface area (Å²) in [5.74, 6) is -0.314. The van der Waals surface area contributed by atoms with Crippen LogP contribution >= 0.6 is 11.3 Å². The molecule has 0 fully saturated rings. The number of benzene rings is 2. The molecule has 1 aromatic heterocycles. The summed E-state index contributed by atoms with van der Waals surface area (Å²) in [6.07, 6.45) is -3.70. The van der Waals surface area contributed by atoms with Crippen molar-refractivity contribution in [2.75, 3.05) is 6.54 Å². The number of amides is 2. The first-order chi connectivity index (χ1) is 14.8. The van der Waals surface area contributed by atoms with Crippen molar-refractivity contribution in [1.29, 1.82) is 0 Å². The number of alkyl halides is 3. The molecule has 0 spiro atoms. The van der Waals surface area contributed by atoms with Gasteiger partial charge in [0.2, 0.25) is 0 Å². The first-order valence-electron chi connectivity index (χ1n) is 9.71. The van der Waals surface area contributed by atoms with Crippen molar-refractivity contribution in [3.63, 3.8) is 0 Å². The lowest BCUT2D eigenvalue weighted by atomic mass is 10.1. The lowest BCUT2D eigenvalue weighted by Crippen LogP contribution is -2.35. The van der Waals surface area contributed by atoms with E-state index in [1.54, 1.807) is 23.1 Å². The molecule has 1 N–H and O–H groups in total. The standard InChI is InChI=1S/C23H19F3N2O2S/c24-23(25,26)18-8-6-15(7-9-18)13-27-21(29)20-12-17-14-28(11-10-19(17)31-20)22(30)16-4-2-1-3-5-16/h1-9,12H,10-11,13-14H2,(H,27,29). The number of hydrogen-bond donors (Lipinski definition) is 1. The second-order valence-electron chi connectivity index (χ2n) is 7.28. The topological polar surface area (TPSA) is 49.4 Å². The molecule has 0 saturated heterocycles. The third-order valence-corrected chi connectivity index (χ3v) is 6.37.